The Hall–Kier alpha value is -2.17. The molecule has 0 atom stereocenters. The Kier molecular flexibility index (Phi) is 4.88. The fourth-order valence-corrected chi connectivity index (χ4v) is 1.94. The molecule has 0 aromatic carbocycles. The van der Waals surface area contributed by atoms with Gasteiger partial charge in [-0.3, -0.25) is 0 Å². The molecule has 2 rings (SSSR count). The number of hydrogen-bond acceptors (Lipinski definition) is 5. The zero-order chi connectivity index (χ0) is 17.1. The molecule has 0 radical (unpaired) electrons. The predicted molar refractivity (Wildman–Crippen MR) is 92.7 cm³/mol. The lowest BCUT2D eigenvalue weighted by molar-refractivity contribution is 0.124. The van der Waals surface area contributed by atoms with Crippen LogP contribution in [0.2, 0.25) is 0 Å². The number of pyridine rings is 1. The van der Waals surface area contributed by atoms with E-state index in [1.807, 2.05) is 39.0 Å². The van der Waals surface area contributed by atoms with Gasteiger partial charge in [0.25, 0.3) is 0 Å². The average molecular weight is 314 g/mol. The van der Waals surface area contributed by atoms with Gasteiger partial charge in [0.15, 0.2) is 0 Å². The molecular weight excluding hydrogens is 288 g/mol. The Morgan fingerprint density at radius 3 is 2.35 bits per heavy atom. The summed E-state index contributed by atoms with van der Waals surface area (Å²) in [4.78, 5) is 13.2. The van der Waals surface area contributed by atoms with Crippen molar-refractivity contribution >= 4 is 5.82 Å². The summed E-state index contributed by atoms with van der Waals surface area (Å²) in [5.41, 5.74) is 0.769. The van der Waals surface area contributed by atoms with Crippen molar-refractivity contribution < 1.29 is 4.74 Å². The lowest BCUT2D eigenvalue weighted by Gasteiger charge is -2.20. The van der Waals surface area contributed by atoms with Gasteiger partial charge < -0.3 is 10.1 Å². The van der Waals surface area contributed by atoms with Crippen LogP contribution < -0.4 is 10.1 Å². The maximum absolute atomic E-state index is 5.79. The number of nitrogens with zero attached hydrogens (tertiary/aromatic N) is 3. The Bertz CT molecular complexity index is 657. The Balaban J connectivity index is 2.05. The summed E-state index contributed by atoms with van der Waals surface area (Å²) >= 11 is 0. The highest BCUT2D eigenvalue weighted by molar-refractivity contribution is 5.35. The second-order valence-corrected chi connectivity index (χ2v) is 7.59. The van der Waals surface area contributed by atoms with E-state index in [9.17, 15) is 0 Å². The van der Waals surface area contributed by atoms with Crippen molar-refractivity contribution in [3.8, 4) is 5.88 Å². The molecule has 0 aliphatic carbocycles. The van der Waals surface area contributed by atoms with E-state index < -0.39 is 0 Å². The molecule has 23 heavy (non-hydrogen) atoms. The van der Waals surface area contributed by atoms with E-state index in [1.165, 1.54) is 0 Å². The highest BCUT2D eigenvalue weighted by atomic mass is 16.5. The first-order valence-electron chi connectivity index (χ1n) is 7.85. The van der Waals surface area contributed by atoms with Crippen LogP contribution in [-0.4, -0.2) is 20.6 Å². The first-order valence-corrected chi connectivity index (χ1v) is 7.85. The highest BCUT2D eigenvalue weighted by Gasteiger charge is 2.17. The molecule has 0 aliphatic rings. The fraction of sp³-hybridized carbons (Fsp3) is 0.500. The molecule has 0 fully saturated rings. The molecule has 5 heteroatoms. The van der Waals surface area contributed by atoms with Gasteiger partial charge in [0.2, 0.25) is 5.88 Å². The molecule has 5 nitrogen and oxygen atoms in total. The van der Waals surface area contributed by atoms with E-state index in [0.29, 0.717) is 12.4 Å². The minimum Gasteiger partial charge on any atom is -0.472 e. The van der Waals surface area contributed by atoms with E-state index in [4.69, 9.17) is 4.74 Å². The number of aromatic nitrogens is 3. The minimum atomic E-state index is -0.257. The topological polar surface area (TPSA) is 59.9 Å². The summed E-state index contributed by atoms with van der Waals surface area (Å²) in [5, 5.41) is 3.33. The van der Waals surface area contributed by atoms with Crippen LogP contribution in [-0.2, 0) is 12.0 Å². The number of anilines is 1. The van der Waals surface area contributed by atoms with Gasteiger partial charge in [0, 0.05) is 30.4 Å². The molecule has 2 aromatic rings. The maximum Gasteiger partial charge on any atom is 0.214 e. The van der Waals surface area contributed by atoms with Gasteiger partial charge in [-0.25, -0.2) is 15.0 Å². The molecule has 0 spiro atoms. The summed E-state index contributed by atoms with van der Waals surface area (Å²) in [6, 6.07) is 5.79. The van der Waals surface area contributed by atoms with Gasteiger partial charge in [0.05, 0.1) is 0 Å². The van der Waals surface area contributed by atoms with Crippen molar-refractivity contribution in [2.45, 2.75) is 59.1 Å². The van der Waals surface area contributed by atoms with Crippen molar-refractivity contribution in [2.75, 3.05) is 5.32 Å². The molecular formula is C18H26N4O. The fourth-order valence-electron chi connectivity index (χ4n) is 1.94. The number of nitrogens with one attached hydrogen (secondary N) is 1. The summed E-state index contributed by atoms with van der Waals surface area (Å²) in [5.74, 6) is 2.28. The van der Waals surface area contributed by atoms with Crippen LogP contribution in [0.15, 0.2) is 30.6 Å². The molecule has 0 bridgehead atoms. The van der Waals surface area contributed by atoms with E-state index >= 15 is 0 Å². The summed E-state index contributed by atoms with van der Waals surface area (Å²) in [6.45, 7) is 13.0. The van der Waals surface area contributed by atoms with Gasteiger partial charge in [-0.2, -0.15) is 0 Å². The van der Waals surface area contributed by atoms with Crippen LogP contribution in [0.3, 0.4) is 0 Å². The first-order chi connectivity index (χ1) is 10.6. The summed E-state index contributed by atoms with van der Waals surface area (Å²) in [6.07, 6.45) is 3.55. The largest absolute Gasteiger partial charge is 0.472 e. The molecule has 0 saturated carbocycles. The predicted octanol–water partition coefficient (Wildman–Crippen LogP) is 3.96. The molecule has 0 saturated heterocycles. The first kappa shape index (κ1) is 17.2. The number of ether oxygens (including phenoxy) is 1. The third-order valence-electron chi connectivity index (χ3n) is 3.01. The smallest absolute Gasteiger partial charge is 0.214 e. The zero-order valence-corrected chi connectivity index (χ0v) is 14.8. The third-order valence-corrected chi connectivity index (χ3v) is 3.01. The van der Waals surface area contributed by atoms with E-state index in [0.717, 1.165) is 17.2 Å². The van der Waals surface area contributed by atoms with Crippen LogP contribution in [0.4, 0.5) is 5.82 Å². The minimum absolute atomic E-state index is 0.0674. The molecule has 2 heterocycles. The molecule has 2 aromatic heterocycles. The maximum atomic E-state index is 5.79. The quantitative estimate of drug-likeness (QED) is 0.925. The van der Waals surface area contributed by atoms with Gasteiger partial charge >= 0.3 is 0 Å². The summed E-state index contributed by atoms with van der Waals surface area (Å²) < 4.78 is 5.79. The van der Waals surface area contributed by atoms with Crippen molar-refractivity contribution in [1.29, 1.82) is 0 Å². The molecule has 0 unspecified atom stereocenters. The van der Waals surface area contributed by atoms with Gasteiger partial charge in [-0.05, 0) is 38.5 Å². The summed E-state index contributed by atoms with van der Waals surface area (Å²) in [7, 11) is 0. The Labute approximate surface area is 138 Å². The second kappa shape index (κ2) is 6.52. The van der Waals surface area contributed by atoms with Crippen LogP contribution in [0.25, 0.3) is 0 Å². The molecule has 0 aliphatic heterocycles. The molecule has 0 amide bonds. The SMILES string of the molecule is CC(C)(C)Oc1cc(CNc2ccnc(C(C)(C)C)n2)ccn1. The number of hydrogen-bond donors (Lipinski definition) is 1. The van der Waals surface area contributed by atoms with E-state index in [2.05, 4.69) is 41.0 Å². The molecule has 124 valence electrons. The van der Waals surface area contributed by atoms with Crippen LogP contribution in [0.5, 0.6) is 5.88 Å². The zero-order valence-electron chi connectivity index (χ0n) is 14.8. The van der Waals surface area contributed by atoms with Crippen molar-refractivity contribution in [2.24, 2.45) is 0 Å². The van der Waals surface area contributed by atoms with Crippen molar-refractivity contribution in [1.82, 2.24) is 15.0 Å². The number of rotatable bonds is 4. The van der Waals surface area contributed by atoms with E-state index in [1.54, 1.807) is 12.4 Å². The highest BCUT2D eigenvalue weighted by Crippen LogP contribution is 2.20. The second-order valence-electron chi connectivity index (χ2n) is 7.59. The van der Waals surface area contributed by atoms with Gasteiger partial charge in [0.1, 0.15) is 17.2 Å². The van der Waals surface area contributed by atoms with Crippen molar-refractivity contribution in [3.63, 3.8) is 0 Å². The third kappa shape index (κ3) is 5.51. The van der Waals surface area contributed by atoms with Gasteiger partial charge in [-0.1, -0.05) is 20.8 Å². The lowest BCUT2D eigenvalue weighted by atomic mass is 9.96. The van der Waals surface area contributed by atoms with Crippen LogP contribution in [0.1, 0.15) is 52.9 Å². The van der Waals surface area contributed by atoms with Crippen LogP contribution in [0, 0.1) is 0 Å². The lowest BCUT2D eigenvalue weighted by Crippen LogP contribution is -2.23. The average Bonchev–Trinajstić information content (AvgIpc) is 2.43. The van der Waals surface area contributed by atoms with Crippen molar-refractivity contribution in [3.05, 3.63) is 42.0 Å². The van der Waals surface area contributed by atoms with E-state index in [-0.39, 0.29) is 11.0 Å². The van der Waals surface area contributed by atoms with Gasteiger partial charge in [-0.15, -0.1) is 0 Å². The Morgan fingerprint density at radius 1 is 1.00 bits per heavy atom. The standard InChI is InChI=1S/C18H26N4O/c1-17(2,3)16-20-10-8-14(22-16)21-12-13-7-9-19-15(11-13)23-18(4,5)6/h7-11H,12H2,1-6H3,(H,20,21,22). The monoisotopic (exact) mass is 314 g/mol. The Morgan fingerprint density at radius 2 is 1.70 bits per heavy atom. The normalized spacial score (nSPS) is 12.1. The molecule has 1 N–H and O–H groups in total. The van der Waals surface area contributed by atoms with Crippen LogP contribution >= 0.6 is 0 Å².